The molecule has 0 heterocycles. The van der Waals surface area contributed by atoms with Crippen LogP contribution in [0.4, 0.5) is 4.79 Å². The predicted octanol–water partition coefficient (Wildman–Crippen LogP) is -0.264. The summed E-state index contributed by atoms with van der Waals surface area (Å²) in [7, 11) is -3.01. The van der Waals surface area contributed by atoms with Crippen LogP contribution in [0.2, 0.25) is 0 Å². The van der Waals surface area contributed by atoms with Crippen molar-refractivity contribution in [2.45, 2.75) is 25.3 Å². The number of amides is 1. The lowest BCUT2D eigenvalue weighted by atomic mass is 10.4. The lowest BCUT2D eigenvalue weighted by Gasteiger charge is -2.12. The molecule has 0 radical (unpaired) electrons. The molecule has 1 unspecified atom stereocenters. The average molecular weight is 303 g/mol. The van der Waals surface area contributed by atoms with Crippen molar-refractivity contribution in [2.24, 2.45) is 0 Å². The van der Waals surface area contributed by atoms with Crippen LogP contribution in [0.5, 0.6) is 0 Å². The number of methoxy groups -OCH3 is 1. The summed E-state index contributed by atoms with van der Waals surface area (Å²) in [4.78, 5) is 21.9. The molecule has 0 aliphatic rings. The summed E-state index contributed by atoms with van der Waals surface area (Å²) in [5.41, 5.74) is 0. The van der Waals surface area contributed by atoms with Gasteiger partial charge < -0.3 is 9.47 Å². The van der Waals surface area contributed by atoms with E-state index >= 15 is 0 Å². The van der Waals surface area contributed by atoms with Gasteiger partial charge in [0, 0.05) is 6.54 Å². The third-order valence-corrected chi connectivity index (χ3v) is 2.78. The first-order chi connectivity index (χ1) is 8.18. The summed E-state index contributed by atoms with van der Waals surface area (Å²) in [6.45, 7) is 2.70. The Kier molecular flexibility index (Phi) is 6.96. The van der Waals surface area contributed by atoms with E-state index in [4.69, 9.17) is 11.6 Å². The van der Waals surface area contributed by atoms with Crippen LogP contribution in [0, 0.1) is 0 Å². The van der Waals surface area contributed by atoms with E-state index in [1.165, 1.54) is 0 Å². The second kappa shape index (κ2) is 7.39. The van der Waals surface area contributed by atoms with Gasteiger partial charge in [-0.3, -0.25) is 4.79 Å². The molecule has 0 rings (SSSR count). The first-order valence-corrected chi connectivity index (χ1v) is 6.80. The molecule has 0 spiro atoms. The van der Waals surface area contributed by atoms with Crippen LogP contribution < -0.4 is 9.44 Å². The smallest absolute Gasteiger partial charge is 0.422 e. The second-order valence-corrected chi connectivity index (χ2v) is 5.43. The molecule has 0 aromatic carbocycles. The predicted molar refractivity (Wildman–Crippen MR) is 63.3 cm³/mol. The number of carbonyl (C=O) groups is 2. The highest BCUT2D eigenvalue weighted by atomic mass is 35.5. The minimum atomic E-state index is -4.13. The number of nitrogens with one attached hydrogen (secondary N) is 2. The van der Waals surface area contributed by atoms with Crippen LogP contribution >= 0.6 is 11.6 Å². The highest BCUT2D eigenvalue weighted by molar-refractivity contribution is 7.88. The zero-order chi connectivity index (χ0) is 14.3. The van der Waals surface area contributed by atoms with Crippen LogP contribution in [0.1, 0.15) is 13.8 Å². The maximum Gasteiger partial charge on any atom is 0.422 e. The van der Waals surface area contributed by atoms with Gasteiger partial charge in [-0.05, 0) is 13.8 Å². The average Bonchev–Trinajstić information content (AvgIpc) is 2.22. The standard InChI is InChI=1S/C8H15ClN2O6S/c1-5(2)17-8(13)11-18(14,15)10-4-6(9)7(12)16-3/h5-6,10H,4H2,1-3H3,(H,11,13). The fourth-order valence-corrected chi connectivity index (χ4v) is 1.76. The molecule has 0 aliphatic heterocycles. The molecular formula is C8H15ClN2O6S. The van der Waals surface area contributed by atoms with Crippen LogP contribution in [-0.4, -0.2) is 45.6 Å². The zero-order valence-corrected chi connectivity index (χ0v) is 11.7. The Hall–Kier alpha value is -1.06. The summed E-state index contributed by atoms with van der Waals surface area (Å²) < 4.78 is 35.0. The maximum absolute atomic E-state index is 11.3. The summed E-state index contributed by atoms with van der Waals surface area (Å²) in [6, 6.07) is 0. The fourth-order valence-electron chi connectivity index (χ4n) is 0.778. The van der Waals surface area contributed by atoms with Crippen molar-refractivity contribution in [2.75, 3.05) is 13.7 Å². The van der Waals surface area contributed by atoms with Crippen molar-refractivity contribution in [3.8, 4) is 0 Å². The van der Waals surface area contributed by atoms with Crippen molar-refractivity contribution < 1.29 is 27.5 Å². The number of hydrogen-bond donors (Lipinski definition) is 2. The molecule has 0 saturated carbocycles. The number of ether oxygens (including phenoxy) is 2. The Morgan fingerprint density at radius 3 is 2.33 bits per heavy atom. The number of rotatable bonds is 6. The van der Waals surface area contributed by atoms with Crippen LogP contribution in [-0.2, 0) is 24.5 Å². The molecule has 0 aliphatic carbocycles. The van der Waals surface area contributed by atoms with E-state index < -0.39 is 40.3 Å². The number of carbonyl (C=O) groups excluding carboxylic acids is 2. The van der Waals surface area contributed by atoms with E-state index in [2.05, 4.69) is 9.47 Å². The first kappa shape index (κ1) is 16.9. The molecule has 8 nitrogen and oxygen atoms in total. The van der Waals surface area contributed by atoms with Crippen LogP contribution in [0.25, 0.3) is 0 Å². The number of halogens is 1. The van der Waals surface area contributed by atoms with E-state index in [1.807, 2.05) is 4.72 Å². The molecule has 10 heteroatoms. The highest BCUT2D eigenvalue weighted by Gasteiger charge is 2.21. The SMILES string of the molecule is COC(=O)C(Cl)CNS(=O)(=O)NC(=O)OC(C)C. The van der Waals surface area contributed by atoms with Crippen LogP contribution in [0.3, 0.4) is 0 Å². The Morgan fingerprint density at radius 1 is 1.33 bits per heavy atom. The van der Waals surface area contributed by atoms with E-state index in [0.29, 0.717) is 0 Å². The quantitative estimate of drug-likeness (QED) is 0.516. The van der Waals surface area contributed by atoms with Gasteiger partial charge in [0.15, 0.2) is 0 Å². The summed E-state index contributed by atoms with van der Waals surface area (Å²) in [6.07, 6.45) is -1.59. The van der Waals surface area contributed by atoms with E-state index in [-0.39, 0.29) is 0 Å². The third-order valence-electron chi connectivity index (χ3n) is 1.47. The largest absolute Gasteiger partial charge is 0.468 e. The number of esters is 1. The van der Waals surface area contributed by atoms with Gasteiger partial charge in [-0.15, -0.1) is 11.6 Å². The maximum atomic E-state index is 11.3. The van der Waals surface area contributed by atoms with Gasteiger partial charge >= 0.3 is 22.3 Å². The molecule has 0 aromatic rings. The Labute approximate surface area is 110 Å². The Balaban J connectivity index is 4.24. The minimum Gasteiger partial charge on any atom is -0.468 e. The monoisotopic (exact) mass is 302 g/mol. The summed E-state index contributed by atoms with van der Waals surface area (Å²) in [5.74, 6) is -0.788. The molecule has 0 aromatic heterocycles. The number of hydrogen-bond acceptors (Lipinski definition) is 6. The van der Waals surface area contributed by atoms with Gasteiger partial charge in [-0.25, -0.2) is 9.52 Å². The van der Waals surface area contributed by atoms with Gasteiger partial charge in [-0.1, -0.05) is 0 Å². The van der Waals surface area contributed by atoms with E-state index in [1.54, 1.807) is 18.6 Å². The van der Waals surface area contributed by atoms with Crippen molar-refractivity contribution >= 4 is 33.9 Å². The molecule has 0 bridgehead atoms. The Morgan fingerprint density at radius 2 is 1.89 bits per heavy atom. The van der Waals surface area contributed by atoms with Gasteiger partial charge in [0.05, 0.1) is 13.2 Å². The molecule has 106 valence electrons. The molecule has 0 fully saturated rings. The van der Waals surface area contributed by atoms with Crippen molar-refractivity contribution in [1.29, 1.82) is 0 Å². The van der Waals surface area contributed by atoms with E-state index in [0.717, 1.165) is 7.11 Å². The Bertz CT molecular complexity index is 396. The van der Waals surface area contributed by atoms with E-state index in [9.17, 15) is 18.0 Å². The lowest BCUT2D eigenvalue weighted by Crippen LogP contribution is -2.44. The summed E-state index contributed by atoms with van der Waals surface area (Å²) in [5, 5.41) is -1.19. The summed E-state index contributed by atoms with van der Waals surface area (Å²) >= 11 is 5.51. The van der Waals surface area contributed by atoms with Gasteiger partial charge in [-0.2, -0.15) is 13.1 Å². The van der Waals surface area contributed by atoms with Crippen molar-refractivity contribution in [3.63, 3.8) is 0 Å². The third kappa shape index (κ3) is 7.30. The van der Waals surface area contributed by atoms with Crippen molar-refractivity contribution in [3.05, 3.63) is 0 Å². The van der Waals surface area contributed by atoms with Gasteiger partial charge in [0.1, 0.15) is 5.38 Å². The number of alkyl halides is 1. The van der Waals surface area contributed by atoms with Gasteiger partial charge in [0.2, 0.25) is 0 Å². The van der Waals surface area contributed by atoms with Crippen LogP contribution in [0.15, 0.2) is 0 Å². The van der Waals surface area contributed by atoms with Gasteiger partial charge in [0.25, 0.3) is 0 Å². The molecular weight excluding hydrogens is 288 g/mol. The molecule has 0 saturated heterocycles. The molecule has 18 heavy (non-hydrogen) atoms. The minimum absolute atomic E-state index is 0.418. The molecule has 1 amide bonds. The van der Waals surface area contributed by atoms with Crippen molar-refractivity contribution in [1.82, 2.24) is 9.44 Å². The topological polar surface area (TPSA) is 111 Å². The molecule has 2 N–H and O–H groups in total. The zero-order valence-electron chi connectivity index (χ0n) is 10.1. The highest BCUT2D eigenvalue weighted by Crippen LogP contribution is 1.97. The fraction of sp³-hybridized carbons (Fsp3) is 0.750. The second-order valence-electron chi connectivity index (χ2n) is 3.40. The molecule has 1 atom stereocenters. The normalized spacial score (nSPS) is 12.9. The lowest BCUT2D eigenvalue weighted by molar-refractivity contribution is -0.140. The first-order valence-electron chi connectivity index (χ1n) is 4.88.